The molecule has 134 valence electrons. The van der Waals surface area contributed by atoms with Crippen molar-refractivity contribution in [2.45, 2.75) is 12.1 Å². The molecule has 0 unspecified atom stereocenters. The molecule has 0 aliphatic heterocycles. The highest BCUT2D eigenvalue weighted by molar-refractivity contribution is 7.10. The van der Waals surface area contributed by atoms with Gasteiger partial charge >= 0.3 is 6.09 Å². The van der Waals surface area contributed by atoms with Crippen molar-refractivity contribution >= 4 is 40.6 Å². The number of halogens is 2. The Bertz CT molecular complexity index is 935. The summed E-state index contributed by atoms with van der Waals surface area (Å²) in [6, 6.07) is 8.03. The van der Waals surface area contributed by atoms with Crippen molar-refractivity contribution in [1.82, 2.24) is 15.3 Å². The van der Waals surface area contributed by atoms with Gasteiger partial charge in [-0.2, -0.15) is 0 Å². The van der Waals surface area contributed by atoms with E-state index in [-0.39, 0.29) is 5.15 Å². The smallest absolute Gasteiger partial charge is 0.405 e. The fourth-order valence-corrected chi connectivity index (χ4v) is 3.82. The van der Waals surface area contributed by atoms with Gasteiger partial charge in [-0.25, -0.2) is 14.8 Å². The lowest BCUT2D eigenvalue weighted by molar-refractivity contribution is 0.192. The summed E-state index contributed by atoms with van der Waals surface area (Å²) in [6.45, 7) is 0. The Hall–Kier alpha value is -2.19. The van der Waals surface area contributed by atoms with Crippen LogP contribution in [0.4, 0.5) is 4.79 Å². The molecule has 1 aromatic carbocycles. The van der Waals surface area contributed by atoms with Gasteiger partial charge in [0.15, 0.2) is 0 Å². The maximum atomic E-state index is 11.2. The van der Waals surface area contributed by atoms with Gasteiger partial charge in [0.1, 0.15) is 17.6 Å². The van der Waals surface area contributed by atoms with E-state index in [9.17, 15) is 15.0 Å². The van der Waals surface area contributed by atoms with Gasteiger partial charge in [-0.15, -0.1) is 11.3 Å². The number of aliphatic hydroxyl groups is 1. The molecule has 0 saturated heterocycles. The molecule has 0 spiro atoms. The largest absolute Gasteiger partial charge is 0.465 e. The SMILES string of the molecule is O=C(O)N[C@@H](c1cccc(Cl)c1)c1csc([C@@H](O)c2cncnc2Cl)c1. The minimum absolute atomic E-state index is 0.164. The Morgan fingerprint density at radius 1 is 1.23 bits per heavy atom. The zero-order chi connectivity index (χ0) is 18.7. The maximum Gasteiger partial charge on any atom is 0.405 e. The van der Waals surface area contributed by atoms with E-state index in [1.165, 1.54) is 23.9 Å². The van der Waals surface area contributed by atoms with E-state index in [0.29, 0.717) is 26.6 Å². The molecule has 0 aliphatic rings. The number of benzene rings is 1. The number of nitrogens with zero attached hydrogens (tertiary/aromatic N) is 2. The van der Waals surface area contributed by atoms with Crippen LogP contribution in [0.1, 0.15) is 33.7 Å². The molecule has 2 heterocycles. The first-order chi connectivity index (χ1) is 12.5. The van der Waals surface area contributed by atoms with Crippen molar-refractivity contribution in [3.63, 3.8) is 0 Å². The Balaban J connectivity index is 1.94. The first-order valence-corrected chi connectivity index (χ1v) is 9.06. The average Bonchev–Trinajstić information content (AvgIpc) is 3.09. The van der Waals surface area contributed by atoms with Crippen LogP contribution in [0.2, 0.25) is 10.2 Å². The van der Waals surface area contributed by atoms with Crippen molar-refractivity contribution < 1.29 is 15.0 Å². The molecule has 3 rings (SSSR count). The van der Waals surface area contributed by atoms with E-state index in [2.05, 4.69) is 15.3 Å². The molecule has 3 N–H and O–H groups in total. The van der Waals surface area contributed by atoms with E-state index in [1.54, 1.807) is 35.7 Å². The predicted octanol–water partition coefficient (Wildman–Crippen LogP) is 4.28. The Kier molecular flexibility index (Phi) is 5.73. The molecule has 2 aromatic heterocycles. The van der Waals surface area contributed by atoms with Gasteiger partial charge in [-0.3, -0.25) is 0 Å². The molecule has 9 heteroatoms. The number of rotatable bonds is 5. The van der Waals surface area contributed by atoms with Gasteiger partial charge in [0.05, 0.1) is 6.04 Å². The van der Waals surface area contributed by atoms with Crippen molar-refractivity contribution in [2.24, 2.45) is 0 Å². The van der Waals surface area contributed by atoms with Crippen LogP contribution in [-0.4, -0.2) is 26.3 Å². The number of hydrogen-bond donors (Lipinski definition) is 3. The molecule has 6 nitrogen and oxygen atoms in total. The third-order valence-electron chi connectivity index (χ3n) is 3.68. The van der Waals surface area contributed by atoms with Crippen LogP contribution in [0.3, 0.4) is 0 Å². The van der Waals surface area contributed by atoms with Crippen LogP contribution in [-0.2, 0) is 0 Å². The third-order valence-corrected chi connectivity index (χ3v) is 5.23. The van der Waals surface area contributed by atoms with Gasteiger partial charge in [-0.05, 0) is 34.7 Å². The summed E-state index contributed by atoms with van der Waals surface area (Å²) >= 11 is 13.3. The minimum Gasteiger partial charge on any atom is -0.465 e. The first-order valence-electron chi connectivity index (χ1n) is 7.42. The molecule has 3 aromatic rings. The molecular formula is C17H13Cl2N3O3S. The van der Waals surface area contributed by atoms with Crippen LogP contribution >= 0.6 is 34.5 Å². The third kappa shape index (κ3) is 4.13. The highest BCUT2D eigenvalue weighted by atomic mass is 35.5. The van der Waals surface area contributed by atoms with Crippen LogP contribution < -0.4 is 5.32 Å². The second kappa shape index (κ2) is 8.01. The zero-order valence-corrected chi connectivity index (χ0v) is 15.5. The number of carboxylic acid groups (broad SMARTS) is 1. The highest BCUT2D eigenvalue weighted by Crippen LogP contribution is 2.34. The number of hydrogen-bond acceptors (Lipinski definition) is 5. The fraction of sp³-hybridized carbons (Fsp3) is 0.118. The molecule has 0 fully saturated rings. The number of carbonyl (C=O) groups is 1. The van der Waals surface area contributed by atoms with E-state index in [0.717, 1.165) is 0 Å². The van der Waals surface area contributed by atoms with E-state index >= 15 is 0 Å². The van der Waals surface area contributed by atoms with Crippen LogP contribution in [0.5, 0.6) is 0 Å². The average molecular weight is 410 g/mol. The van der Waals surface area contributed by atoms with E-state index in [1.807, 2.05) is 0 Å². The first kappa shape index (κ1) is 18.6. The zero-order valence-electron chi connectivity index (χ0n) is 13.1. The summed E-state index contributed by atoms with van der Waals surface area (Å²) in [5.41, 5.74) is 1.76. The summed E-state index contributed by atoms with van der Waals surface area (Å²) in [4.78, 5) is 19.6. The van der Waals surface area contributed by atoms with Gasteiger partial charge in [0.25, 0.3) is 0 Å². The van der Waals surface area contributed by atoms with Gasteiger partial charge in [0.2, 0.25) is 0 Å². The fourth-order valence-electron chi connectivity index (χ4n) is 2.49. The van der Waals surface area contributed by atoms with Crippen molar-refractivity contribution in [2.75, 3.05) is 0 Å². The molecular weight excluding hydrogens is 397 g/mol. The predicted molar refractivity (Wildman–Crippen MR) is 99.9 cm³/mol. The second-order valence-electron chi connectivity index (χ2n) is 5.39. The lowest BCUT2D eigenvalue weighted by atomic mass is 10.0. The second-order valence-corrected chi connectivity index (χ2v) is 7.13. The summed E-state index contributed by atoms with van der Waals surface area (Å²) in [5, 5.41) is 24.7. The van der Waals surface area contributed by atoms with E-state index < -0.39 is 18.2 Å². The molecule has 0 saturated carbocycles. The van der Waals surface area contributed by atoms with Gasteiger partial charge in [-0.1, -0.05) is 35.3 Å². The topological polar surface area (TPSA) is 95.3 Å². The summed E-state index contributed by atoms with van der Waals surface area (Å²) in [7, 11) is 0. The number of amides is 1. The normalized spacial score (nSPS) is 13.2. The van der Waals surface area contributed by atoms with Crippen molar-refractivity contribution in [3.05, 3.63) is 80.0 Å². The summed E-state index contributed by atoms with van der Waals surface area (Å²) < 4.78 is 0. The molecule has 2 atom stereocenters. The van der Waals surface area contributed by atoms with Crippen LogP contribution in [0, 0.1) is 0 Å². The summed E-state index contributed by atoms with van der Waals surface area (Å²) in [5.74, 6) is 0. The maximum absolute atomic E-state index is 11.2. The number of nitrogens with one attached hydrogen (secondary N) is 1. The van der Waals surface area contributed by atoms with E-state index in [4.69, 9.17) is 23.2 Å². The Morgan fingerprint density at radius 3 is 2.73 bits per heavy atom. The standard InChI is InChI=1S/C17H13Cl2N3O3S/c18-11-3-1-2-9(4-11)14(22-17(24)25)10-5-13(26-7-10)15(23)12-6-20-8-21-16(12)19/h1-8,14-15,22-23H,(H,24,25)/t14-,15-/m0/s1. The summed E-state index contributed by atoms with van der Waals surface area (Å²) in [6.07, 6.45) is 0.573. The minimum atomic E-state index is -1.16. The quantitative estimate of drug-likeness (QED) is 0.546. The monoisotopic (exact) mass is 409 g/mol. The van der Waals surface area contributed by atoms with Crippen molar-refractivity contribution in [1.29, 1.82) is 0 Å². The Morgan fingerprint density at radius 2 is 2.04 bits per heavy atom. The van der Waals surface area contributed by atoms with Crippen LogP contribution in [0.15, 0.2) is 48.2 Å². The number of thiophene rings is 1. The molecule has 0 bridgehead atoms. The Labute approximate surface area is 163 Å². The lowest BCUT2D eigenvalue weighted by Gasteiger charge is -2.17. The molecule has 26 heavy (non-hydrogen) atoms. The number of aromatic nitrogens is 2. The lowest BCUT2D eigenvalue weighted by Crippen LogP contribution is -2.27. The molecule has 0 aliphatic carbocycles. The molecule has 0 radical (unpaired) electrons. The molecule has 1 amide bonds. The van der Waals surface area contributed by atoms with Gasteiger partial charge in [0, 0.05) is 21.7 Å². The highest BCUT2D eigenvalue weighted by Gasteiger charge is 2.22. The van der Waals surface area contributed by atoms with Crippen LogP contribution in [0.25, 0.3) is 0 Å². The van der Waals surface area contributed by atoms with Gasteiger partial charge < -0.3 is 15.5 Å². The van der Waals surface area contributed by atoms with Crippen molar-refractivity contribution in [3.8, 4) is 0 Å². The number of aliphatic hydroxyl groups excluding tert-OH is 1.